The minimum Gasteiger partial charge on any atom is -0.350 e. The molecule has 0 radical (unpaired) electrons. The molecule has 0 saturated heterocycles. The van der Waals surface area contributed by atoms with E-state index in [1.165, 1.54) is 4.90 Å². The zero-order valence-electron chi connectivity index (χ0n) is 14.7. The summed E-state index contributed by atoms with van der Waals surface area (Å²) >= 11 is 0. The van der Waals surface area contributed by atoms with Gasteiger partial charge in [-0.15, -0.1) is 0 Å². The van der Waals surface area contributed by atoms with Crippen LogP contribution in [0.4, 0.5) is 5.69 Å². The highest BCUT2D eigenvalue weighted by Gasteiger charge is 2.31. The molecule has 2 aromatic rings. The Hall–Kier alpha value is -3.13. The van der Waals surface area contributed by atoms with E-state index >= 15 is 0 Å². The van der Waals surface area contributed by atoms with Gasteiger partial charge < -0.3 is 5.32 Å². The number of sulfonamides is 1. The summed E-state index contributed by atoms with van der Waals surface area (Å²) < 4.78 is 25.3. The number of rotatable bonds is 6. The van der Waals surface area contributed by atoms with Gasteiger partial charge >= 0.3 is 0 Å². The van der Waals surface area contributed by atoms with Crippen LogP contribution in [0.3, 0.4) is 0 Å². The molecular weight excluding hydrogens is 366 g/mol. The van der Waals surface area contributed by atoms with Crippen LogP contribution in [-0.4, -0.2) is 37.9 Å². The second kappa shape index (κ2) is 7.24. The summed E-state index contributed by atoms with van der Waals surface area (Å²) in [6.45, 7) is 3.87. The molecule has 0 aromatic heterocycles. The summed E-state index contributed by atoms with van der Waals surface area (Å²) in [4.78, 5) is 26.1. The Labute approximate surface area is 157 Å². The minimum atomic E-state index is -3.43. The first kappa shape index (κ1) is 18.7. The van der Waals surface area contributed by atoms with E-state index < -0.39 is 10.0 Å². The molecule has 27 heavy (non-hydrogen) atoms. The zero-order chi connectivity index (χ0) is 19.6. The number of hydrogen-bond acceptors (Lipinski definition) is 4. The fraction of sp³-hybridized carbons (Fsp3) is 0.158. The number of para-hydroxylation sites is 1. The van der Waals surface area contributed by atoms with Gasteiger partial charge in [0.15, 0.2) is 0 Å². The van der Waals surface area contributed by atoms with E-state index in [-0.39, 0.29) is 24.9 Å². The van der Waals surface area contributed by atoms with E-state index in [2.05, 4.69) is 16.6 Å². The van der Waals surface area contributed by atoms with E-state index in [0.29, 0.717) is 22.5 Å². The lowest BCUT2D eigenvalue weighted by atomic mass is 10.1. The minimum absolute atomic E-state index is 0.124. The van der Waals surface area contributed by atoms with Gasteiger partial charge in [-0.05, 0) is 17.7 Å². The molecular formula is C19H19N3O4S. The Balaban J connectivity index is 1.65. The summed E-state index contributed by atoms with van der Waals surface area (Å²) in [5, 5.41) is 2.71. The molecule has 0 saturated carbocycles. The van der Waals surface area contributed by atoms with Gasteiger partial charge in [0.2, 0.25) is 15.9 Å². The highest BCUT2D eigenvalue weighted by Crippen LogP contribution is 2.30. The molecule has 0 aliphatic carbocycles. The third kappa shape index (κ3) is 4.17. The maximum atomic E-state index is 12.4. The highest BCUT2D eigenvalue weighted by atomic mass is 32.2. The Morgan fingerprint density at radius 1 is 1.07 bits per heavy atom. The number of fused-ring (bicyclic) bond motifs is 1. The highest BCUT2D eigenvalue weighted by molar-refractivity contribution is 7.92. The lowest BCUT2D eigenvalue weighted by Gasteiger charge is -2.17. The number of nitrogens with one attached hydrogen (secondary N) is 2. The van der Waals surface area contributed by atoms with Gasteiger partial charge in [-0.1, -0.05) is 43.0 Å². The largest absolute Gasteiger partial charge is 0.350 e. The molecule has 1 heterocycles. The average Bonchev–Trinajstić information content (AvgIpc) is 2.85. The molecule has 0 bridgehead atoms. The first-order valence-corrected chi connectivity index (χ1v) is 10.1. The molecule has 1 aliphatic heterocycles. The molecule has 140 valence electrons. The third-order valence-corrected chi connectivity index (χ3v) is 4.72. The van der Waals surface area contributed by atoms with Crippen molar-refractivity contribution in [3.8, 4) is 0 Å². The molecule has 2 aromatic carbocycles. The quantitative estimate of drug-likeness (QED) is 0.793. The van der Waals surface area contributed by atoms with Crippen LogP contribution in [0.2, 0.25) is 0 Å². The van der Waals surface area contributed by atoms with Crippen LogP contribution in [0.25, 0.3) is 5.70 Å². The second-order valence-corrected chi connectivity index (χ2v) is 7.94. The summed E-state index contributed by atoms with van der Waals surface area (Å²) in [7, 11) is -3.43. The van der Waals surface area contributed by atoms with Crippen LogP contribution in [0.15, 0.2) is 55.1 Å². The van der Waals surface area contributed by atoms with Crippen molar-refractivity contribution in [2.75, 3.05) is 17.5 Å². The number of hydrogen-bond donors (Lipinski definition) is 2. The lowest BCUT2D eigenvalue weighted by molar-refractivity contribution is -0.121. The maximum Gasteiger partial charge on any atom is 0.259 e. The average molecular weight is 385 g/mol. The van der Waals surface area contributed by atoms with Crippen molar-refractivity contribution in [1.29, 1.82) is 0 Å². The molecule has 0 atom stereocenters. The summed E-state index contributed by atoms with van der Waals surface area (Å²) in [5.41, 5.74) is 2.75. The molecule has 0 fully saturated rings. The first-order valence-electron chi connectivity index (χ1n) is 8.19. The fourth-order valence-corrected chi connectivity index (χ4v) is 3.47. The summed E-state index contributed by atoms with van der Waals surface area (Å²) in [6.07, 6.45) is 1.06. The lowest BCUT2D eigenvalue weighted by Crippen LogP contribution is -2.36. The second-order valence-electron chi connectivity index (χ2n) is 6.19. The topological polar surface area (TPSA) is 95.6 Å². The van der Waals surface area contributed by atoms with Gasteiger partial charge in [0.25, 0.3) is 5.91 Å². The fourth-order valence-electron chi connectivity index (χ4n) is 2.87. The van der Waals surface area contributed by atoms with Crippen molar-refractivity contribution in [1.82, 2.24) is 10.2 Å². The number of carbonyl (C=O) groups is 2. The Morgan fingerprint density at radius 2 is 1.70 bits per heavy atom. The number of amides is 2. The smallest absolute Gasteiger partial charge is 0.259 e. The molecule has 2 amide bonds. The van der Waals surface area contributed by atoms with Gasteiger partial charge in [0, 0.05) is 23.4 Å². The summed E-state index contributed by atoms with van der Waals surface area (Å²) in [6, 6.07) is 13.8. The van der Waals surface area contributed by atoms with Crippen LogP contribution < -0.4 is 10.0 Å². The van der Waals surface area contributed by atoms with Gasteiger partial charge in [-0.3, -0.25) is 19.2 Å². The monoisotopic (exact) mass is 385 g/mol. The van der Waals surface area contributed by atoms with Crippen LogP contribution in [0.5, 0.6) is 0 Å². The normalized spacial score (nSPS) is 13.4. The van der Waals surface area contributed by atoms with Crippen molar-refractivity contribution in [2.45, 2.75) is 6.54 Å². The Kier molecular flexibility index (Phi) is 5.00. The SMILES string of the molecule is C=C1c2ccccc2C(=O)N1CC(=O)NCc1ccccc1NS(C)(=O)=O. The zero-order valence-corrected chi connectivity index (χ0v) is 15.5. The first-order chi connectivity index (χ1) is 12.8. The molecule has 1 aliphatic rings. The molecule has 8 heteroatoms. The molecule has 2 N–H and O–H groups in total. The van der Waals surface area contributed by atoms with Crippen LogP contribution in [0, 0.1) is 0 Å². The number of nitrogens with zero attached hydrogens (tertiary/aromatic N) is 1. The number of carbonyl (C=O) groups excluding carboxylic acids is 2. The molecule has 0 spiro atoms. The van der Waals surface area contributed by atoms with Crippen LogP contribution in [-0.2, 0) is 21.4 Å². The van der Waals surface area contributed by atoms with Gasteiger partial charge in [-0.25, -0.2) is 8.42 Å². The van der Waals surface area contributed by atoms with Crippen molar-refractivity contribution in [3.05, 3.63) is 71.8 Å². The van der Waals surface area contributed by atoms with E-state index in [9.17, 15) is 18.0 Å². The van der Waals surface area contributed by atoms with Crippen LogP contribution in [0.1, 0.15) is 21.5 Å². The van der Waals surface area contributed by atoms with E-state index in [0.717, 1.165) is 11.8 Å². The Bertz CT molecular complexity index is 996. The van der Waals surface area contributed by atoms with Crippen molar-refractivity contribution >= 4 is 33.2 Å². The number of anilines is 1. The van der Waals surface area contributed by atoms with E-state index in [1.807, 2.05) is 6.07 Å². The van der Waals surface area contributed by atoms with Crippen molar-refractivity contribution in [2.24, 2.45) is 0 Å². The predicted octanol–water partition coefficient (Wildman–Crippen LogP) is 1.80. The van der Waals surface area contributed by atoms with Crippen molar-refractivity contribution in [3.63, 3.8) is 0 Å². The molecule has 7 nitrogen and oxygen atoms in total. The van der Waals surface area contributed by atoms with Gasteiger partial charge in [0.05, 0.1) is 11.9 Å². The van der Waals surface area contributed by atoms with E-state index in [1.54, 1.807) is 42.5 Å². The van der Waals surface area contributed by atoms with E-state index in [4.69, 9.17) is 0 Å². The molecule has 3 rings (SSSR count). The van der Waals surface area contributed by atoms with Crippen LogP contribution >= 0.6 is 0 Å². The van der Waals surface area contributed by atoms with Crippen molar-refractivity contribution < 1.29 is 18.0 Å². The Morgan fingerprint density at radius 3 is 2.37 bits per heavy atom. The third-order valence-electron chi connectivity index (χ3n) is 4.13. The molecule has 0 unspecified atom stereocenters. The predicted molar refractivity (Wildman–Crippen MR) is 103 cm³/mol. The standard InChI is InChI=1S/C19H19N3O4S/c1-13-15-8-4-5-9-16(15)19(24)22(13)12-18(23)20-11-14-7-3-6-10-17(14)21-27(2,25)26/h3-10,21H,1,11-12H2,2H3,(H,20,23). The van der Waals surface area contributed by atoms with Gasteiger partial charge in [-0.2, -0.15) is 0 Å². The maximum absolute atomic E-state index is 12.4. The van der Waals surface area contributed by atoms with Gasteiger partial charge in [0.1, 0.15) is 6.54 Å². The summed E-state index contributed by atoms with van der Waals surface area (Å²) in [5.74, 6) is -0.628. The number of benzene rings is 2.